The van der Waals surface area contributed by atoms with Crippen LogP contribution in [-0.2, 0) is 39.3 Å². The molecule has 0 radical (unpaired) electrons. The van der Waals surface area contributed by atoms with Crippen LogP contribution in [0.4, 0.5) is 87.8 Å². The number of furan rings is 1. The average molecular weight is 1020 g/mol. The highest BCUT2D eigenvalue weighted by atomic mass is 32.3. The number of halogens is 20. The molecular weight excluding hydrogens is 1010 g/mol. The molecule has 0 aliphatic rings. The van der Waals surface area contributed by atoms with Gasteiger partial charge in [-0.1, -0.05) is 36.4 Å². The van der Waals surface area contributed by atoms with E-state index in [-0.39, 0.29) is 0 Å². The fourth-order valence-electron chi connectivity index (χ4n) is 5.84. The maximum atomic E-state index is 15.7. The minimum Gasteiger partial charge on any atom is -0.455 e. The van der Waals surface area contributed by atoms with Gasteiger partial charge in [-0.25, -0.2) is 68.8 Å². The lowest BCUT2D eigenvalue weighted by Crippen LogP contribution is -2.40. The molecule has 0 amide bonds. The van der Waals surface area contributed by atoms with Crippen LogP contribution in [0.2, 0.25) is 0 Å². The number of sulfone groups is 4. The van der Waals surface area contributed by atoms with Crippen LogP contribution in [-0.4, -0.2) is 55.7 Å². The van der Waals surface area contributed by atoms with E-state index in [1.807, 2.05) is 0 Å². The second-order valence-electron chi connectivity index (χ2n) is 12.2. The first-order chi connectivity index (χ1) is 28.2. The minimum atomic E-state index is -8.03. The van der Waals surface area contributed by atoms with Gasteiger partial charge in [0.15, 0.2) is 46.5 Å². The van der Waals surface area contributed by atoms with Gasteiger partial charge in [0.1, 0.15) is 11.2 Å². The summed E-state index contributed by atoms with van der Waals surface area (Å²) in [5.41, 5.74) is -45.6. The van der Waals surface area contributed by atoms with Crippen LogP contribution in [0.5, 0.6) is 0 Å². The van der Waals surface area contributed by atoms with E-state index < -0.39 is 172 Å². The van der Waals surface area contributed by atoms with Crippen LogP contribution in [0.15, 0.2) is 40.8 Å². The molecule has 0 saturated heterocycles. The lowest BCUT2D eigenvalue weighted by molar-refractivity contribution is -0.0484. The molecule has 0 aliphatic carbocycles. The summed E-state index contributed by atoms with van der Waals surface area (Å²) < 4.78 is 375. The maximum absolute atomic E-state index is 15.7. The average Bonchev–Trinajstić information content (AvgIpc) is 3.51. The minimum absolute atomic E-state index is 0.332. The first-order valence-electron chi connectivity index (χ1n) is 15.1. The van der Waals surface area contributed by atoms with Crippen molar-refractivity contribution in [3.8, 4) is 22.3 Å². The van der Waals surface area contributed by atoms with Crippen molar-refractivity contribution in [3.05, 3.63) is 94.1 Å². The van der Waals surface area contributed by atoms with Gasteiger partial charge in [-0.2, -0.15) is 52.7 Å². The Balaban J connectivity index is 1.87. The number of benzene rings is 4. The van der Waals surface area contributed by atoms with Crippen LogP contribution in [0.1, 0.15) is 20.3 Å². The molecule has 5 aromatic rings. The summed E-state index contributed by atoms with van der Waals surface area (Å²) in [6.45, 7) is 0. The van der Waals surface area contributed by atoms with Gasteiger partial charge in [0.05, 0.1) is 22.3 Å². The molecule has 0 aliphatic heterocycles. The molecule has 0 fully saturated rings. The Labute approximate surface area is 334 Å². The molecule has 63 heavy (non-hydrogen) atoms. The molecule has 5 rings (SSSR count). The Morgan fingerprint density at radius 2 is 0.587 bits per heavy atom. The quantitative estimate of drug-likeness (QED) is 0.109. The van der Waals surface area contributed by atoms with Crippen LogP contribution in [0.25, 0.3) is 44.2 Å². The Morgan fingerprint density at radius 1 is 0.365 bits per heavy atom. The number of hydrogen-bond acceptors (Lipinski definition) is 9. The highest BCUT2D eigenvalue weighted by Crippen LogP contribution is 2.51. The molecule has 0 bridgehead atoms. The Kier molecular flexibility index (Phi) is 11.5. The zero-order valence-corrected chi connectivity index (χ0v) is 31.8. The topological polar surface area (TPSA) is 150 Å². The van der Waals surface area contributed by atoms with Crippen LogP contribution in [0, 0.1) is 46.5 Å². The van der Waals surface area contributed by atoms with Gasteiger partial charge in [-0.05, 0) is 0 Å². The number of para-hydroxylation sites is 2. The third-order valence-electron chi connectivity index (χ3n) is 8.55. The smallest absolute Gasteiger partial charge is 0.455 e. The van der Waals surface area contributed by atoms with Gasteiger partial charge < -0.3 is 4.42 Å². The molecule has 9 nitrogen and oxygen atoms in total. The van der Waals surface area contributed by atoms with Crippen molar-refractivity contribution in [2.75, 3.05) is 0 Å². The summed E-state index contributed by atoms with van der Waals surface area (Å²) in [6.07, 6.45) is 0. The standard InChI is InChI=1S/C30H8F20O9S4/c31-15-11(16(32)20(36)13(19(15)35)25(60(51,52)27(39,40)41)61(53,54)28(42,43)44)9-5-1-3-7-8-4-2-6-10(24(8)59-23(7)9)12-17(33)21(37)14(22(38)18(12)34)26(62(55,56)29(45,46)47)63(57,58)30(48,49)50/h1-6,25-26H. The third kappa shape index (κ3) is 7.20. The van der Waals surface area contributed by atoms with E-state index >= 15 is 35.1 Å². The summed E-state index contributed by atoms with van der Waals surface area (Å²) in [5, 5.41) is -1.45. The molecule has 346 valence electrons. The van der Waals surface area contributed by atoms with Crippen molar-refractivity contribution < 1.29 is 126 Å². The first kappa shape index (κ1) is 49.1. The molecule has 0 spiro atoms. The van der Waals surface area contributed by atoms with E-state index in [0.29, 0.717) is 24.3 Å². The van der Waals surface area contributed by atoms with Gasteiger partial charge >= 0.3 is 22.0 Å². The molecule has 4 aromatic carbocycles. The van der Waals surface area contributed by atoms with Gasteiger partial charge in [0.25, 0.3) is 39.3 Å². The Morgan fingerprint density at radius 3 is 0.794 bits per heavy atom. The van der Waals surface area contributed by atoms with Gasteiger partial charge in [0.2, 0.25) is 9.16 Å². The molecule has 1 heterocycles. The summed E-state index contributed by atoms with van der Waals surface area (Å²) in [4.78, 5) is 0. The molecule has 1 aromatic heterocycles. The van der Waals surface area contributed by atoms with Gasteiger partial charge in [0, 0.05) is 21.9 Å². The normalized spacial score (nSPS) is 14.2. The van der Waals surface area contributed by atoms with E-state index in [0.717, 1.165) is 12.1 Å². The molecular formula is C30H8F20O9S4. The zero-order chi connectivity index (χ0) is 48.5. The van der Waals surface area contributed by atoms with Crippen molar-refractivity contribution in [3.63, 3.8) is 0 Å². The summed E-state index contributed by atoms with van der Waals surface area (Å²) in [5.74, 6) is -26.8. The third-order valence-corrected chi connectivity index (χ3v) is 17.4. The van der Waals surface area contributed by atoms with Crippen molar-refractivity contribution >= 4 is 61.3 Å². The van der Waals surface area contributed by atoms with Crippen molar-refractivity contribution in [1.82, 2.24) is 0 Å². The van der Waals surface area contributed by atoms with Crippen LogP contribution < -0.4 is 0 Å². The maximum Gasteiger partial charge on any atom is 0.499 e. The van der Waals surface area contributed by atoms with E-state index in [1.165, 1.54) is 0 Å². The largest absolute Gasteiger partial charge is 0.499 e. The molecule has 0 atom stereocenters. The second kappa shape index (κ2) is 14.8. The van der Waals surface area contributed by atoms with E-state index in [2.05, 4.69) is 0 Å². The van der Waals surface area contributed by atoms with Crippen molar-refractivity contribution in [2.24, 2.45) is 0 Å². The van der Waals surface area contributed by atoms with Crippen LogP contribution >= 0.6 is 0 Å². The van der Waals surface area contributed by atoms with Crippen molar-refractivity contribution in [1.29, 1.82) is 0 Å². The summed E-state index contributed by atoms with van der Waals surface area (Å²) in [6, 6.07) is 3.39. The van der Waals surface area contributed by atoms with Gasteiger partial charge in [-0.15, -0.1) is 0 Å². The van der Waals surface area contributed by atoms with Crippen molar-refractivity contribution in [2.45, 2.75) is 31.2 Å². The lowest BCUT2D eigenvalue weighted by Gasteiger charge is -2.23. The molecule has 33 heteroatoms. The monoisotopic (exact) mass is 1020 g/mol. The van der Waals surface area contributed by atoms with E-state index in [4.69, 9.17) is 4.42 Å². The molecule has 0 N–H and O–H groups in total. The highest BCUT2D eigenvalue weighted by molar-refractivity contribution is 8.09. The fraction of sp³-hybridized carbons (Fsp3) is 0.200. The summed E-state index contributed by atoms with van der Waals surface area (Å²) >= 11 is 0. The molecule has 0 saturated carbocycles. The first-order valence-corrected chi connectivity index (χ1v) is 21.3. The number of fused-ring (bicyclic) bond motifs is 3. The number of rotatable bonds is 8. The highest BCUT2D eigenvalue weighted by Gasteiger charge is 2.67. The predicted molar refractivity (Wildman–Crippen MR) is 170 cm³/mol. The predicted octanol–water partition coefficient (Wildman–Crippen LogP) is 9.77. The molecule has 0 unspecified atom stereocenters. The summed E-state index contributed by atoms with van der Waals surface area (Å²) in [7, 11) is -32.1. The Bertz CT molecular complexity index is 2860. The van der Waals surface area contributed by atoms with E-state index in [1.54, 1.807) is 0 Å². The zero-order valence-electron chi connectivity index (χ0n) is 28.5. The van der Waals surface area contributed by atoms with E-state index in [9.17, 15) is 86.4 Å². The second-order valence-corrected chi connectivity index (χ2v) is 20.9. The lowest BCUT2D eigenvalue weighted by atomic mass is 9.97. The fourth-order valence-corrected chi connectivity index (χ4v) is 12.9. The number of hydrogen-bond donors (Lipinski definition) is 0. The Hall–Kier alpha value is -4.92. The van der Waals surface area contributed by atoms with Gasteiger partial charge in [-0.3, -0.25) is 0 Å². The number of alkyl halides is 12. The van der Waals surface area contributed by atoms with Crippen LogP contribution in [0.3, 0.4) is 0 Å². The SMILES string of the molecule is O=S(=O)(C(c1c(F)c(F)c(-c2cccc3c2oc2c(-c4c(F)c(F)c(C(S(=O)(=O)C(F)(F)F)S(=O)(=O)C(F)(F)F)c(F)c4F)cccc23)c(F)c1F)S(=O)(=O)C(F)(F)F)C(F)(F)F.